The topological polar surface area (TPSA) is 63.9 Å². The quantitative estimate of drug-likeness (QED) is 0.739. The summed E-state index contributed by atoms with van der Waals surface area (Å²) in [5.74, 6) is 0. The molecule has 0 spiro atoms. The van der Waals surface area contributed by atoms with E-state index in [1.165, 1.54) is 0 Å². The lowest BCUT2D eigenvalue weighted by Gasteiger charge is -2.36. The third-order valence-corrected chi connectivity index (χ3v) is 3.66. The Bertz CT molecular complexity index is 408. The maximum Gasteiger partial charge on any atom is 0.0974 e. The van der Waals surface area contributed by atoms with Crippen LogP contribution >= 0.6 is 0 Å². The molecule has 1 aromatic carbocycles. The average Bonchev–Trinajstić information content (AvgIpc) is 2.40. The highest BCUT2D eigenvalue weighted by molar-refractivity contribution is 5.57. The lowest BCUT2D eigenvalue weighted by molar-refractivity contribution is 0.00798. The van der Waals surface area contributed by atoms with Gasteiger partial charge in [0.05, 0.1) is 18.8 Å². The van der Waals surface area contributed by atoms with Crippen molar-refractivity contribution in [3.8, 4) is 0 Å². The fourth-order valence-corrected chi connectivity index (χ4v) is 2.61. The van der Waals surface area contributed by atoms with Gasteiger partial charge in [-0.2, -0.15) is 0 Å². The molecule has 18 heavy (non-hydrogen) atoms. The largest absolute Gasteiger partial charge is 0.392 e. The van der Waals surface area contributed by atoms with E-state index in [9.17, 15) is 15.3 Å². The molecule has 0 saturated carbocycles. The lowest BCUT2D eigenvalue weighted by atomic mass is 9.99. The normalized spacial score (nSPS) is 24.3. The van der Waals surface area contributed by atoms with Gasteiger partial charge in [-0.1, -0.05) is 19.1 Å². The van der Waals surface area contributed by atoms with Crippen LogP contribution in [0.4, 0.5) is 5.69 Å². The van der Waals surface area contributed by atoms with E-state index < -0.39 is 12.2 Å². The molecule has 100 valence electrons. The Balaban J connectivity index is 2.28. The molecule has 0 amide bonds. The van der Waals surface area contributed by atoms with Crippen molar-refractivity contribution >= 4 is 5.69 Å². The predicted octanol–water partition coefficient (Wildman–Crippen LogP) is 0.673. The molecule has 1 heterocycles. The van der Waals surface area contributed by atoms with Crippen LogP contribution in [0.5, 0.6) is 0 Å². The summed E-state index contributed by atoms with van der Waals surface area (Å²) in [5.41, 5.74) is 3.13. The van der Waals surface area contributed by atoms with E-state index >= 15 is 0 Å². The molecular weight excluding hydrogens is 230 g/mol. The van der Waals surface area contributed by atoms with E-state index in [0.717, 1.165) is 29.8 Å². The van der Waals surface area contributed by atoms with Crippen LogP contribution in [-0.4, -0.2) is 40.6 Å². The Morgan fingerprint density at radius 2 is 2.06 bits per heavy atom. The number of rotatable bonds is 3. The summed E-state index contributed by atoms with van der Waals surface area (Å²) in [6.07, 6.45) is 0.114. The molecule has 2 rings (SSSR count). The molecule has 1 aliphatic heterocycles. The third-order valence-electron chi connectivity index (χ3n) is 3.66. The van der Waals surface area contributed by atoms with Gasteiger partial charge in [-0.3, -0.25) is 0 Å². The Kier molecular flexibility index (Phi) is 4.22. The molecule has 1 saturated heterocycles. The third kappa shape index (κ3) is 2.51. The maximum absolute atomic E-state index is 9.76. The second-order valence-corrected chi connectivity index (χ2v) is 4.80. The van der Waals surface area contributed by atoms with Crippen molar-refractivity contribution in [2.24, 2.45) is 0 Å². The van der Waals surface area contributed by atoms with Gasteiger partial charge in [-0.05, 0) is 30.0 Å². The Morgan fingerprint density at radius 1 is 1.28 bits per heavy atom. The lowest BCUT2D eigenvalue weighted by Crippen LogP contribution is -2.47. The minimum Gasteiger partial charge on any atom is -0.392 e. The van der Waals surface area contributed by atoms with E-state index in [0.29, 0.717) is 13.0 Å². The Hall–Kier alpha value is -1.10. The van der Waals surface area contributed by atoms with Crippen LogP contribution in [0, 0.1) is 0 Å². The van der Waals surface area contributed by atoms with Crippen molar-refractivity contribution in [1.82, 2.24) is 0 Å². The molecule has 1 aliphatic rings. The summed E-state index contributed by atoms with van der Waals surface area (Å²) in [6.45, 7) is 3.28. The van der Waals surface area contributed by atoms with E-state index in [1.54, 1.807) is 0 Å². The highest BCUT2D eigenvalue weighted by Gasteiger charge is 2.27. The number of hydrogen-bond donors (Lipinski definition) is 3. The number of aliphatic hydroxyl groups is 3. The van der Waals surface area contributed by atoms with Crippen molar-refractivity contribution in [2.45, 2.75) is 38.6 Å². The van der Waals surface area contributed by atoms with E-state index in [1.807, 2.05) is 18.2 Å². The van der Waals surface area contributed by atoms with Crippen LogP contribution in [0.25, 0.3) is 0 Å². The second kappa shape index (κ2) is 5.69. The minimum atomic E-state index is -0.693. The molecule has 1 fully saturated rings. The number of β-amino-alcohol motifs (C(OH)–C–C–N with tert-alkyl or cyclic N) is 1. The Labute approximate surface area is 107 Å². The first-order chi connectivity index (χ1) is 8.67. The molecule has 0 aromatic heterocycles. The van der Waals surface area contributed by atoms with Gasteiger partial charge in [0.15, 0.2) is 0 Å². The van der Waals surface area contributed by atoms with Crippen LogP contribution in [-0.2, 0) is 13.0 Å². The van der Waals surface area contributed by atoms with Crippen molar-refractivity contribution < 1.29 is 15.3 Å². The van der Waals surface area contributed by atoms with Crippen LogP contribution in [0.15, 0.2) is 18.2 Å². The molecular formula is C14H21NO3. The van der Waals surface area contributed by atoms with Crippen LogP contribution in [0.2, 0.25) is 0 Å². The fraction of sp³-hybridized carbons (Fsp3) is 0.571. The molecule has 0 bridgehead atoms. The number of benzene rings is 1. The molecule has 1 aromatic rings. The highest BCUT2D eigenvalue weighted by Crippen LogP contribution is 2.27. The number of piperidine rings is 1. The standard InChI is InChI=1S/C14H21NO3/c1-2-11-10(9-16)4-3-5-12(11)15-7-6-13(17)14(18)8-15/h3-5,13-14,16-18H,2,6-9H2,1H3. The summed E-state index contributed by atoms with van der Waals surface area (Å²) >= 11 is 0. The molecule has 2 unspecified atom stereocenters. The Morgan fingerprint density at radius 3 is 2.67 bits per heavy atom. The van der Waals surface area contributed by atoms with Crippen molar-refractivity contribution in [3.05, 3.63) is 29.3 Å². The SMILES string of the molecule is CCc1c(CO)cccc1N1CCC(O)C(O)C1. The summed E-state index contributed by atoms with van der Waals surface area (Å²) in [4.78, 5) is 2.09. The zero-order valence-corrected chi connectivity index (χ0v) is 10.7. The first kappa shape index (κ1) is 13.3. The van der Waals surface area contributed by atoms with Gasteiger partial charge in [0.1, 0.15) is 0 Å². The van der Waals surface area contributed by atoms with E-state index in [-0.39, 0.29) is 6.61 Å². The van der Waals surface area contributed by atoms with Crippen LogP contribution < -0.4 is 4.90 Å². The maximum atomic E-state index is 9.76. The van der Waals surface area contributed by atoms with Crippen LogP contribution in [0.1, 0.15) is 24.5 Å². The summed E-state index contributed by atoms with van der Waals surface area (Å²) in [6, 6.07) is 5.87. The molecule has 0 aliphatic carbocycles. The zero-order valence-electron chi connectivity index (χ0n) is 10.7. The van der Waals surface area contributed by atoms with Gasteiger partial charge in [0, 0.05) is 18.8 Å². The van der Waals surface area contributed by atoms with Gasteiger partial charge >= 0.3 is 0 Å². The number of anilines is 1. The van der Waals surface area contributed by atoms with Gasteiger partial charge < -0.3 is 20.2 Å². The van der Waals surface area contributed by atoms with Crippen molar-refractivity contribution in [2.75, 3.05) is 18.0 Å². The number of aliphatic hydroxyl groups excluding tert-OH is 3. The highest BCUT2D eigenvalue weighted by atomic mass is 16.3. The molecule has 4 heteroatoms. The van der Waals surface area contributed by atoms with Gasteiger partial charge in [0.25, 0.3) is 0 Å². The molecule has 0 radical (unpaired) electrons. The predicted molar refractivity (Wildman–Crippen MR) is 70.6 cm³/mol. The van der Waals surface area contributed by atoms with Gasteiger partial charge in [0.2, 0.25) is 0 Å². The van der Waals surface area contributed by atoms with Crippen molar-refractivity contribution in [1.29, 1.82) is 0 Å². The van der Waals surface area contributed by atoms with Gasteiger partial charge in [-0.15, -0.1) is 0 Å². The monoisotopic (exact) mass is 251 g/mol. The van der Waals surface area contributed by atoms with Gasteiger partial charge in [-0.25, -0.2) is 0 Å². The number of hydrogen-bond acceptors (Lipinski definition) is 4. The molecule has 4 nitrogen and oxygen atoms in total. The van der Waals surface area contributed by atoms with E-state index in [4.69, 9.17) is 0 Å². The molecule has 2 atom stereocenters. The average molecular weight is 251 g/mol. The summed E-state index contributed by atoms with van der Waals surface area (Å²) in [7, 11) is 0. The van der Waals surface area contributed by atoms with Crippen molar-refractivity contribution in [3.63, 3.8) is 0 Å². The summed E-state index contributed by atoms with van der Waals surface area (Å²) < 4.78 is 0. The van der Waals surface area contributed by atoms with Crippen LogP contribution in [0.3, 0.4) is 0 Å². The number of nitrogens with zero attached hydrogens (tertiary/aromatic N) is 1. The molecule has 3 N–H and O–H groups in total. The zero-order chi connectivity index (χ0) is 13.1. The smallest absolute Gasteiger partial charge is 0.0974 e. The minimum absolute atomic E-state index is 0.0377. The first-order valence-electron chi connectivity index (χ1n) is 6.50. The summed E-state index contributed by atoms with van der Waals surface area (Å²) in [5, 5.41) is 28.7. The van der Waals surface area contributed by atoms with E-state index in [2.05, 4.69) is 11.8 Å². The second-order valence-electron chi connectivity index (χ2n) is 4.80. The first-order valence-corrected chi connectivity index (χ1v) is 6.50. The fourth-order valence-electron chi connectivity index (χ4n) is 2.61.